The number of aromatic nitrogens is 2. The Morgan fingerprint density at radius 2 is 1.65 bits per heavy atom. The zero-order valence-electron chi connectivity index (χ0n) is 16.5. The number of nitrogens with two attached hydrogens (primary N) is 1. The molecule has 0 atom stereocenters. The highest BCUT2D eigenvalue weighted by Crippen LogP contribution is 2.28. The Labute approximate surface area is 182 Å². The third-order valence-electron chi connectivity index (χ3n) is 5.05. The van der Waals surface area contributed by atoms with Crippen LogP contribution in [-0.2, 0) is 6.54 Å². The van der Waals surface area contributed by atoms with Gasteiger partial charge in [-0.15, -0.1) is 11.3 Å². The van der Waals surface area contributed by atoms with Crippen LogP contribution in [0.4, 0.5) is 17.5 Å². The molecule has 0 spiro atoms. The second kappa shape index (κ2) is 8.04. The Bertz CT molecular complexity index is 1410. The molecule has 0 aliphatic rings. The molecule has 0 aliphatic heterocycles. The molecule has 0 bridgehead atoms. The number of thiophene rings is 1. The first-order valence-corrected chi connectivity index (χ1v) is 10.7. The number of nitrogens with zero attached hydrogens (tertiary/aromatic N) is 2. The SMILES string of the molecule is NC(=O)c1ccccc1Nc1nc(NCc2csc3ccccc23)nc2ccccc12. The van der Waals surface area contributed by atoms with E-state index in [-0.39, 0.29) is 0 Å². The van der Waals surface area contributed by atoms with Crippen molar-refractivity contribution in [3.8, 4) is 0 Å². The molecule has 0 radical (unpaired) electrons. The van der Waals surface area contributed by atoms with E-state index in [1.807, 2.05) is 48.5 Å². The van der Waals surface area contributed by atoms with Crippen LogP contribution in [0.5, 0.6) is 0 Å². The fourth-order valence-corrected chi connectivity index (χ4v) is 4.49. The molecule has 31 heavy (non-hydrogen) atoms. The van der Waals surface area contributed by atoms with E-state index >= 15 is 0 Å². The summed E-state index contributed by atoms with van der Waals surface area (Å²) < 4.78 is 1.25. The number of amides is 1. The van der Waals surface area contributed by atoms with Crippen molar-refractivity contribution >= 4 is 55.7 Å². The van der Waals surface area contributed by atoms with Crippen molar-refractivity contribution in [1.29, 1.82) is 0 Å². The molecular formula is C24H19N5OS. The lowest BCUT2D eigenvalue weighted by atomic mass is 10.1. The fourth-order valence-electron chi connectivity index (χ4n) is 3.53. The Morgan fingerprint density at radius 1 is 0.903 bits per heavy atom. The molecule has 0 aliphatic carbocycles. The van der Waals surface area contributed by atoms with Gasteiger partial charge in [0.05, 0.1) is 16.8 Å². The van der Waals surface area contributed by atoms with Gasteiger partial charge >= 0.3 is 0 Å². The number of nitrogens with one attached hydrogen (secondary N) is 2. The van der Waals surface area contributed by atoms with Crippen LogP contribution in [0, 0.1) is 0 Å². The first-order chi connectivity index (χ1) is 15.2. The average Bonchev–Trinajstić information content (AvgIpc) is 3.21. The number of carbonyl (C=O) groups excluding carboxylic acids is 1. The second-order valence-electron chi connectivity index (χ2n) is 7.06. The molecule has 3 aromatic carbocycles. The summed E-state index contributed by atoms with van der Waals surface area (Å²) in [4.78, 5) is 21.2. The molecule has 5 aromatic rings. The number of carbonyl (C=O) groups is 1. The Morgan fingerprint density at radius 3 is 2.52 bits per heavy atom. The van der Waals surface area contributed by atoms with Gasteiger partial charge in [0.25, 0.3) is 5.91 Å². The highest BCUT2D eigenvalue weighted by Gasteiger charge is 2.12. The average molecular weight is 426 g/mol. The van der Waals surface area contributed by atoms with Crippen molar-refractivity contribution in [2.24, 2.45) is 5.73 Å². The molecule has 6 nitrogen and oxygen atoms in total. The summed E-state index contributed by atoms with van der Waals surface area (Å²) in [6.45, 7) is 0.611. The number of fused-ring (bicyclic) bond motifs is 2. The molecule has 2 aromatic heterocycles. The smallest absolute Gasteiger partial charge is 0.250 e. The van der Waals surface area contributed by atoms with Gasteiger partial charge in [-0.1, -0.05) is 42.5 Å². The number of hydrogen-bond donors (Lipinski definition) is 3. The minimum atomic E-state index is -0.496. The number of primary amides is 1. The number of benzene rings is 3. The lowest BCUT2D eigenvalue weighted by Gasteiger charge is -2.13. The largest absolute Gasteiger partial charge is 0.366 e. The molecule has 0 unspecified atom stereocenters. The van der Waals surface area contributed by atoms with E-state index in [0.717, 1.165) is 10.9 Å². The van der Waals surface area contributed by atoms with Crippen LogP contribution in [0.3, 0.4) is 0 Å². The van der Waals surface area contributed by atoms with Gasteiger partial charge in [0.15, 0.2) is 0 Å². The maximum absolute atomic E-state index is 11.8. The zero-order valence-corrected chi connectivity index (χ0v) is 17.3. The van der Waals surface area contributed by atoms with Gasteiger partial charge in [-0.3, -0.25) is 4.79 Å². The summed E-state index contributed by atoms with van der Waals surface area (Å²) in [6, 6.07) is 23.2. The Hall–Kier alpha value is -3.97. The standard InChI is InChI=1S/C24H19N5OS/c25-22(30)17-8-1-4-10-19(17)27-23-18-9-2-5-11-20(18)28-24(29-23)26-13-15-14-31-21-12-6-3-7-16(15)21/h1-12,14H,13H2,(H2,25,30)(H2,26,27,28,29). The summed E-state index contributed by atoms with van der Waals surface area (Å²) in [5.74, 6) is 0.620. The van der Waals surface area contributed by atoms with Crippen LogP contribution in [0.25, 0.3) is 21.0 Å². The van der Waals surface area contributed by atoms with Gasteiger partial charge in [0.1, 0.15) is 5.82 Å². The lowest BCUT2D eigenvalue weighted by Crippen LogP contribution is -2.13. The minimum Gasteiger partial charge on any atom is -0.366 e. The van der Waals surface area contributed by atoms with Crippen molar-refractivity contribution in [2.45, 2.75) is 6.54 Å². The van der Waals surface area contributed by atoms with E-state index in [0.29, 0.717) is 29.6 Å². The summed E-state index contributed by atoms with van der Waals surface area (Å²) >= 11 is 1.72. The molecule has 0 fully saturated rings. The minimum absolute atomic E-state index is 0.407. The number of para-hydroxylation sites is 2. The molecule has 0 saturated heterocycles. The zero-order chi connectivity index (χ0) is 21.2. The van der Waals surface area contributed by atoms with Crippen LogP contribution in [0.2, 0.25) is 0 Å². The number of hydrogen-bond acceptors (Lipinski definition) is 6. The van der Waals surface area contributed by atoms with Crippen LogP contribution in [0.1, 0.15) is 15.9 Å². The summed E-state index contributed by atoms with van der Waals surface area (Å²) in [5, 5.41) is 10.9. The number of anilines is 3. The predicted octanol–water partition coefficient (Wildman–Crippen LogP) is 5.30. The highest BCUT2D eigenvalue weighted by molar-refractivity contribution is 7.17. The molecule has 1 amide bonds. The summed E-state index contributed by atoms with van der Waals surface area (Å²) in [6.07, 6.45) is 0. The number of rotatable bonds is 6. The maximum atomic E-state index is 11.8. The molecule has 7 heteroatoms. The van der Waals surface area contributed by atoms with Crippen molar-refractivity contribution in [2.75, 3.05) is 10.6 Å². The van der Waals surface area contributed by atoms with Crippen LogP contribution in [-0.4, -0.2) is 15.9 Å². The Balaban J connectivity index is 1.50. The monoisotopic (exact) mass is 425 g/mol. The quantitative estimate of drug-likeness (QED) is 0.343. The van der Waals surface area contributed by atoms with Gasteiger partial charge in [-0.05, 0) is 46.7 Å². The predicted molar refractivity (Wildman–Crippen MR) is 127 cm³/mol. The third kappa shape index (κ3) is 3.78. The van der Waals surface area contributed by atoms with Crippen LogP contribution in [0.15, 0.2) is 78.2 Å². The molecular weight excluding hydrogens is 406 g/mol. The van der Waals surface area contributed by atoms with E-state index < -0.39 is 5.91 Å². The normalized spacial score (nSPS) is 11.0. The fraction of sp³-hybridized carbons (Fsp3) is 0.0417. The lowest BCUT2D eigenvalue weighted by molar-refractivity contribution is 0.100. The van der Waals surface area contributed by atoms with Crippen molar-refractivity contribution < 1.29 is 4.79 Å². The molecule has 152 valence electrons. The summed E-state index contributed by atoms with van der Waals surface area (Å²) in [7, 11) is 0. The highest BCUT2D eigenvalue weighted by atomic mass is 32.1. The van der Waals surface area contributed by atoms with E-state index in [9.17, 15) is 4.79 Å². The Kier molecular flexibility index (Phi) is 4.93. The second-order valence-corrected chi connectivity index (χ2v) is 7.97. The van der Waals surface area contributed by atoms with E-state index in [2.05, 4.69) is 33.1 Å². The van der Waals surface area contributed by atoms with Crippen molar-refractivity contribution in [3.05, 3.63) is 89.3 Å². The van der Waals surface area contributed by atoms with Gasteiger partial charge < -0.3 is 16.4 Å². The van der Waals surface area contributed by atoms with Crippen molar-refractivity contribution in [1.82, 2.24) is 9.97 Å². The molecule has 2 heterocycles. The van der Waals surface area contributed by atoms with Crippen molar-refractivity contribution in [3.63, 3.8) is 0 Å². The van der Waals surface area contributed by atoms with Crippen LogP contribution >= 0.6 is 11.3 Å². The molecule has 5 rings (SSSR count). The van der Waals surface area contributed by atoms with E-state index in [1.165, 1.54) is 15.6 Å². The first-order valence-electron chi connectivity index (χ1n) is 9.80. The van der Waals surface area contributed by atoms with Gasteiger partial charge in [0, 0.05) is 16.6 Å². The van der Waals surface area contributed by atoms with Gasteiger partial charge in [-0.2, -0.15) is 4.98 Å². The topological polar surface area (TPSA) is 92.9 Å². The molecule has 0 saturated carbocycles. The van der Waals surface area contributed by atoms with Gasteiger partial charge in [0.2, 0.25) is 5.95 Å². The third-order valence-corrected chi connectivity index (χ3v) is 6.06. The van der Waals surface area contributed by atoms with Gasteiger partial charge in [-0.25, -0.2) is 4.98 Å². The van der Waals surface area contributed by atoms with E-state index in [1.54, 1.807) is 23.5 Å². The van der Waals surface area contributed by atoms with E-state index in [4.69, 9.17) is 10.7 Å². The first kappa shape index (κ1) is 19.0. The maximum Gasteiger partial charge on any atom is 0.250 e. The molecule has 4 N–H and O–H groups in total. The summed E-state index contributed by atoms with van der Waals surface area (Å²) in [5.41, 5.74) is 8.55. The van der Waals surface area contributed by atoms with Crippen LogP contribution < -0.4 is 16.4 Å².